The van der Waals surface area contributed by atoms with E-state index in [1.807, 2.05) is 0 Å². The summed E-state index contributed by atoms with van der Waals surface area (Å²) in [6, 6.07) is 2.19. The summed E-state index contributed by atoms with van der Waals surface area (Å²) in [5.74, 6) is -3.39. The van der Waals surface area contributed by atoms with Gasteiger partial charge >= 0.3 is 12.1 Å². The molecule has 1 heterocycles. The summed E-state index contributed by atoms with van der Waals surface area (Å²) in [6.45, 7) is 1.98. The van der Waals surface area contributed by atoms with Crippen molar-refractivity contribution in [3.8, 4) is 0 Å². The van der Waals surface area contributed by atoms with Crippen molar-refractivity contribution < 1.29 is 32.3 Å². The van der Waals surface area contributed by atoms with Crippen LogP contribution in [0.4, 0.5) is 17.6 Å². The second-order valence-corrected chi connectivity index (χ2v) is 6.94. The van der Waals surface area contributed by atoms with E-state index >= 15 is 0 Å². The van der Waals surface area contributed by atoms with Crippen molar-refractivity contribution in [1.29, 1.82) is 0 Å². The van der Waals surface area contributed by atoms with Crippen LogP contribution in [0.1, 0.15) is 30.9 Å². The highest BCUT2D eigenvalue weighted by molar-refractivity contribution is 5.92. The van der Waals surface area contributed by atoms with Crippen LogP contribution in [0.3, 0.4) is 0 Å². The molecule has 136 valence electrons. The number of halogens is 4. The van der Waals surface area contributed by atoms with Gasteiger partial charge in [0.2, 0.25) is 5.91 Å². The van der Waals surface area contributed by atoms with E-state index in [0.717, 1.165) is 12.1 Å². The first-order chi connectivity index (χ1) is 11.5. The molecule has 1 saturated heterocycles. The second kappa shape index (κ2) is 5.71. The minimum atomic E-state index is -4.70. The molecule has 0 unspecified atom stereocenters. The van der Waals surface area contributed by atoms with E-state index < -0.39 is 40.8 Å². The number of carbonyl (C=O) groups is 2. The molecule has 25 heavy (non-hydrogen) atoms. The summed E-state index contributed by atoms with van der Waals surface area (Å²) >= 11 is 0. The predicted molar refractivity (Wildman–Crippen MR) is 79.2 cm³/mol. The lowest BCUT2D eigenvalue weighted by Crippen LogP contribution is -2.38. The minimum absolute atomic E-state index is 0.0104. The molecule has 1 aliphatic heterocycles. The molecule has 0 spiro atoms. The molecule has 2 atom stereocenters. The fourth-order valence-corrected chi connectivity index (χ4v) is 3.54. The molecule has 1 aromatic rings. The average molecular weight is 359 g/mol. The van der Waals surface area contributed by atoms with E-state index in [4.69, 9.17) is 5.11 Å². The van der Waals surface area contributed by atoms with Crippen LogP contribution in [0.5, 0.6) is 0 Å². The van der Waals surface area contributed by atoms with Crippen molar-refractivity contribution in [2.24, 2.45) is 11.8 Å². The predicted octanol–water partition coefficient (Wildman–Crippen LogP) is 3.06. The lowest BCUT2D eigenvalue weighted by atomic mass is 9.92. The molecule has 8 heteroatoms. The zero-order valence-electron chi connectivity index (χ0n) is 13.4. The van der Waals surface area contributed by atoms with Crippen molar-refractivity contribution in [3.63, 3.8) is 0 Å². The SMILES string of the molecule is C[C@@H]1CN(C(=O)C2(c3cc(F)cc(C(F)(F)F)c3)CC2)C[C@H]1C(=O)O. The van der Waals surface area contributed by atoms with E-state index in [1.54, 1.807) is 6.92 Å². The maximum Gasteiger partial charge on any atom is 0.416 e. The van der Waals surface area contributed by atoms with Crippen LogP contribution in [-0.4, -0.2) is 35.0 Å². The Morgan fingerprint density at radius 1 is 1.20 bits per heavy atom. The number of benzene rings is 1. The summed E-state index contributed by atoms with van der Waals surface area (Å²) in [7, 11) is 0. The highest BCUT2D eigenvalue weighted by Crippen LogP contribution is 2.51. The van der Waals surface area contributed by atoms with E-state index in [-0.39, 0.29) is 24.6 Å². The number of carboxylic acids is 1. The molecule has 2 aliphatic rings. The monoisotopic (exact) mass is 359 g/mol. The van der Waals surface area contributed by atoms with Crippen LogP contribution in [0.15, 0.2) is 18.2 Å². The van der Waals surface area contributed by atoms with Crippen molar-refractivity contribution in [1.82, 2.24) is 4.90 Å². The quantitative estimate of drug-likeness (QED) is 0.844. The largest absolute Gasteiger partial charge is 0.481 e. The Labute approximate surface area is 141 Å². The second-order valence-electron chi connectivity index (χ2n) is 6.94. The van der Waals surface area contributed by atoms with E-state index in [0.29, 0.717) is 18.9 Å². The number of carbonyl (C=O) groups excluding carboxylic acids is 1. The Bertz CT molecular complexity index is 727. The molecule has 0 radical (unpaired) electrons. The van der Waals surface area contributed by atoms with Crippen LogP contribution in [0.2, 0.25) is 0 Å². The first kappa shape index (κ1) is 17.7. The van der Waals surface area contributed by atoms with Crippen LogP contribution in [0.25, 0.3) is 0 Å². The fraction of sp³-hybridized carbons (Fsp3) is 0.529. The molecular weight excluding hydrogens is 342 g/mol. The van der Waals surface area contributed by atoms with Gasteiger partial charge in [-0.2, -0.15) is 13.2 Å². The normalized spacial score (nSPS) is 25.1. The van der Waals surface area contributed by atoms with Crippen molar-refractivity contribution >= 4 is 11.9 Å². The van der Waals surface area contributed by atoms with Gasteiger partial charge in [0.15, 0.2) is 0 Å². The third-order valence-electron chi connectivity index (χ3n) is 5.15. The molecule has 1 N–H and O–H groups in total. The highest BCUT2D eigenvalue weighted by Gasteiger charge is 2.55. The van der Waals surface area contributed by atoms with Gasteiger partial charge < -0.3 is 10.0 Å². The van der Waals surface area contributed by atoms with Crippen LogP contribution in [-0.2, 0) is 21.2 Å². The minimum Gasteiger partial charge on any atom is -0.481 e. The molecule has 1 amide bonds. The van der Waals surface area contributed by atoms with E-state index in [1.165, 1.54) is 4.90 Å². The summed E-state index contributed by atoms with van der Waals surface area (Å²) in [6.07, 6.45) is -4.04. The van der Waals surface area contributed by atoms with Gasteiger partial charge in [-0.25, -0.2) is 4.39 Å². The maximum atomic E-state index is 13.7. The van der Waals surface area contributed by atoms with Gasteiger partial charge in [-0.3, -0.25) is 9.59 Å². The fourth-order valence-electron chi connectivity index (χ4n) is 3.54. The number of alkyl halides is 3. The number of carboxylic acid groups (broad SMARTS) is 1. The third kappa shape index (κ3) is 3.09. The molecule has 1 saturated carbocycles. The standard InChI is InChI=1S/C17H17F4NO3/c1-9-7-22(8-13(9)14(23)24)15(25)16(2-3-16)10-4-11(17(19,20)21)6-12(18)5-10/h4-6,9,13H,2-3,7-8H2,1H3,(H,23,24)/t9-,13-/m1/s1. The molecule has 1 aromatic carbocycles. The van der Waals surface area contributed by atoms with Crippen LogP contribution >= 0.6 is 0 Å². The van der Waals surface area contributed by atoms with Crippen molar-refractivity contribution in [2.45, 2.75) is 31.4 Å². The van der Waals surface area contributed by atoms with Gasteiger partial charge in [0, 0.05) is 13.1 Å². The first-order valence-corrected chi connectivity index (χ1v) is 7.95. The van der Waals surface area contributed by atoms with Gasteiger partial charge in [0.25, 0.3) is 0 Å². The van der Waals surface area contributed by atoms with Gasteiger partial charge in [-0.15, -0.1) is 0 Å². The molecule has 2 fully saturated rings. The van der Waals surface area contributed by atoms with Crippen LogP contribution < -0.4 is 0 Å². The number of amides is 1. The lowest BCUT2D eigenvalue weighted by Gasteiger charge is -2.24. The number of likely N-dealkylation sites (tertiary alicyclic amines) is 1. The Kier molecular flexibility index (Phi) is 4.04. The van der Waals surface area contributed by atoms with Crippen molar-refractivity contribution in [3.05, 3.63) is 35.1 Å². The molecule has 0 bridgehead atoms. The Morgan fingerprint density at radius 2 is 1.84 bits per heavy atom. The number of aliphatic carboxylic acids is 1. The van der Waals surface area contributed by atoms with E-state index in [2.05, 4.69) is 0 Å². The highest BCUT2D eigenvalue weighted by atomic mass is 19.4. The Balaban J connectivity index is 1.89. The van der Waals surface area contributed by atoms with Gasteiger partial charge in [-0.05, 0) is 42.5 Å². The number of hydrogen-bond donors (Lipinski definition) is 1. The molecule has 4 nitrogen and oxygen atoms in total. The number of nitrogens with zero attached hydrogens (tertiary/aromatic N) is 1. The Hall–Kier alpha value is -2.12. The lowest BCUT2D eigenvalue weighted by molar-refractivity contribution is -0.142. The zero-order chi connectivity index (χ0) is 18.6. The molecule has 3 rings (SSSR count). The van der Waals surface area contributed by atoms with Gasteiger partial charge in [-0.1, -0.05) is 6.92 Å². The molecule has 0 aromatic heterocycles. The average Bonchev–Trinajstić information content (AvgIpc) is 3.22. The summed E-state index contributed by atoms with van der Waals surface area (Å²) < 4.78 is 52.5. The summed E-state index contributed by atoms with van der Waals surface area (Å²) in [4.78, 5) is 25.4. The maximum absolute atomic E-state index is 13.7. The van der Waals surface area contributed by atoms with E-state index in [9.17, 15) is 27.2 Å². The topological polar surface area (TPSA) is 57.6 Å². The number of hydrogen-bond acceptors (Lipinski definition) is 2. The third-order valence-corrected chi connectivity index (χ3v) is 5.15. The van der Waals surface area contributed by atoms with Crippen molar-refractivity contribution in [2.75, 3.05) is 13.1 Å². The molecule has 1 aliphatic carbocycles. The smallest absolute Gasteiger partial charge is 0.416 e. The zero-order valence-corrected chi connectivity index (χ0v) is 13.4. The number of rotatable bonds is 3. The van der Waals surface area contributed by atoms with Gasteiger partial charge in [0.05, 0.1) is 16.9 Å². The molecular formula is C17H17F4NO3. The van der Waals surface area contributed by atoms with Crippen LogP contribution in [0, 0.1) is 17.7 Å². The van der Waals surface area contributed by atoms with Gasteiger partial charge in [0.1, 0.15) is 5.82 Å². The Morgan fingerprint density at radius 3 is 2.32 bits per heavy atom. The first-order valence-electron chi connectivity index (χ1n) is 7.95. The summed E-state index contributed by atoms with van der Waals surface area (Å²) in [5.41, 5.74) is -2.29. The summed E-state index contributed by atoms with van der Waals surface area (Å²) in [5, 5.41) is 9.17.